The van der Waals surface area contributed by atoms with Crippen LogP contribution in [0.2, 0.25) is 0 Å². The lowest BCUT2D eigenvalue weighted by Crippen LogP contribution is -2.37. The van der Waals surface area contributed by atoms with Crippen LogP contribution >= 0.6 is 0 Å². The van der Waals surface area contributed by atoms with Crippen LogP contribution in [0.4, 0.5) is 11.4 Å². The fourth-order valence-electron chi connectivity index (χ4n) is 2.24. The van der Waals surface area contributed by atoms with Gasteiger partial charge in [-0.1, -0.05) is 39.0 Å². The monoisotopic (exact) mass is 312 g/mol. The first-order valence-corrected chi connectivity index (χ1v) is 7.39. The first-order valence-electron chi connectivity index (χ1n) is 7.39. The summed E-state index contributed by atoms with van der Waals surface area (Å²) in [4.78, 5) is 24.8. The molecule has 0 heterocycles. The van der Waals surface area contributed by atoms with E-state index in [1.54, 1.807) is 4.90 Å². The van der Waals surface area contributed by atoms with E-state index < -0.39 is 4.92 Å². The number of hydrogen-bond donors (Lipinski definition) is 0. The molecular formula is C18H20N2O3. The van der Waals surface area contributed by atoms with Gasteiger partial charge in [-0.2, -0.15) is 0 Å². The van der Waals surface area contributed by atoms with Gasteiger partial charge >= 0.3 is 0 Å². The summed E-state index contributed by atoms with van der Waals surface area (Å²) in [6, 6.07) is 15.1. The Bertz CT molecular complexity index is 688. The minimum Gasteiger partial charge on any atom is -0.308 e. The third kappa shape index (κ3) is 4.39. The van der Waals surface area contributed by atoms with E-state index in [9.17, 15) is 14.9 Å². The van der Waals surface area contributed by atoms with Crippen LogP contribution in [0.3, 0.4) is 0 Å². The molecule has 0 aromatic heterocycles. The van der Waals surface area contributed by atoms with E-state index in [0.717, 1.165) is 5.69 Å². The van der Waals surface area contributed by atoms with E-state index in [4.69, 9.17) is 0 Å². The Morgan fingerprint density at radius 3 is 2.09 bits per heavy atom. The smallest absolute Gasteiger partial charge is 0.269 e. The van der Waals surface area contributed by atoms with Crippen LogP contribution in [-0.4, -0.2) is 17.4 Å². The molecule has 5 nitrogen and oxygen atoms in total. The molecule has 2 rings (SSSR count). The van der Waals surface area contributed by atoms with Crippen molar-refractivity contribution in [3.8, 4) is 0 Å². The van der Waals surface area contributed by atoms with Crippen molar-refractivity contribution in [2.45, 2.75) is 20.8 Å². The molecule has 0 radical (unpaired) electrons. The van der Waals surface area contributed by atoms with Gasteiger partial charge in [0.15, 0.2) is 0 Å². The fraction of sp³-hybridized carbons (Fsp3) is 0.278. The van der Waals surface area contributed by atoms with E-state index in [2.05, 4.69) is 20.8 Å². The van der Waals surface area contributed by atoms with Gasteiger partial charge in [0.25, 0.3) is 11.6 Å². The quantitative estimate of drug-likeness (QED) is 0.625. The molecule has 0 N–H and O–H groups in total. The number of carbonyl (C=O) groups is 1. The molecule has 0 atom stereocenters. The van der Waals surface area contributed by atoms with Crippen molar-refractivity contribution in [1.82, 2.24) is 0 Å². The Hall–Kier alpha value is -2.69. The molecule has 0 unspecified atom stereocenters. The largest absolute Gasteiger partial charge is 0.308 e. The number of amides is 1. The topological polar surface area (TPSA) is 63.5 Å². The molecule has 23 heavy (non-hydrogen) atoms. The molecule has 0 spiro atoms. The van der Waals surface area contributed by atoms with Gasteiger partial charge in [0.1, 0.15) is 0 Å². The van der Waals surface area contributed by atoms with Crippen LogP contribution in [0.5, 0.6) is 0 Å². The van der Waals surface area contributed by atoms with Gasteiger partial charge in [0.2, 0.25) is 0 Å². The number of nitro benzene ring substituents is 1. The van der Waals surface area contributed by atoms with Crippen LogP contribution in [0.1, 0.15) is 31.1 Å². The van der Waals surface area contributed by atoms with Crippen LogP contribution < -0.4 is 4.90 Å². The summed E-state index contributed by atoms with van der Waals surface area (Å²) in [6.07, 6.45) is 0. The Balaban J connectivity index is 2.34. The molecule has 2 aromatic carbocycles. The number of rotatable bonds is 4. The highest BCUT2D eigenvalue weighted by molar-refractivity contribution is 6.06. The number of non-ortho nitro benzene ring substituents is 1. The van der Waals surface area contributed by atoms with Crippen molar-refractivity contribution >= 4 is 17.3 Å². The third-order valence-corrected chi connectivity index (χ3v) is 3.27. The lowest BCUT2D eigenvalue weighted by Gasteiger charge is -2.30. The number of para-hydroxylation sites is 1. The van der Waals surface area contributed by atoms with E-state index in [1.165, 1.54) is 24.3 Å². The Labute approximate surface area is 135 Å². The van der Waals surface area contributed by atoms with Gasteiger partial charge in [0, 0.05) is 29.9 Å². The summed E-state index contributed by atoms with van der Waals surface area (Å²) < 4.78 is 0. The molecule has 1 amide bonds. The van der Waals surface area contributed by atoms with Gasteiger partial charge in [-0.15, -0.1) is 0 Å². The fourth-order valence-corrected chi connectivity index (χ4v) is 2.24. The molecule has 0 fully saturated rings. The summed E-state index contributed by atoms with van der Waals surface area (Å²) in [6.45, 7) is 6.73. The highest BCUT2D eigenvalue weighted by Crippen LogP contribution is 2.24. The summed E-state index contributed by atoms with van der Waals surface area (Å²) in [5.41, 5.74) is 1.14. The highest BCUT2D eigenvalue weighted by atomic mass is 16.6. The normalized spacial score (nSPS) is 11.1. The third-order valence-electron chi connectivity index (χ3n) is 3.27. The molecule has 2 aromatic rings. The SMILES string of the molecule is CC(C)(C)CN(C(=O)c1ccc([N+](=O)[O-])cc1)c1ccccc1. The minimum atomic E-state index is -0.474. The summed E-state index contributed by atoms with van der Waals surface area (Å²) in [5.74, 6) is -0.166. The molecule has 5 heteroatoms. The number of nitro groups is 1. The maximum atomic E-state index is 12.9. The van der Waals surface area contributed by atoms with E-state index >= 15 is 0 Å². The minimum absolute atomic E-state index is 0.0244. The van der Waals surface area contributed by atoms with Crippen molar-refractivity contribution in [3.63, 3.8) is 0 Å². The number of carbonyl (C=O) groups excluding carboxylic acids is 1. The van der Waals surface area contributed by atoms with Crippen molar-refractivity contribution in [2.75, 3.05) is 11.4 Å². The Morgan fingerprint density at radius 1 is 1.04 bits per heavy atom. The van der Waals surface area contributed by atoms with Crippen LogP contribution in [-0.2, 0) is 0 Å². The van der Waals surface area contributed by atoms with Gasteiger partial charge in [-0.3, -0.25) is 14.9 Å². The summed E-state index contributed by atoms with van der Waals surface area (Å²) in [7, 11) is 0. The average molecular weight is 312 g/mol. The molecular weight excluding hydrogens is 292 g/mol. The lowest BCUT2D eigenvalue weighted by atomic mass is 9.95. The lowest BCUT2D eigenvalue weighted by molar-refractivity contribution is -0.384. The molecule has 0 bridgehead atoms. The zero-order valence-electron chi connectivity index (χ0n) is 13.5. The summed E-state index contributed by atoms with van der Waals surface area (Å²) >= 11 is 0. The van der Waals surface area contributed by atoms with Gasteiger partial charge in [0.05, 0.1) is 4.92 Å². The second kappa shape index (κ2) is 6.60. The Kier molecular flexibility index (Phi) is 4.79. The second-order valence-electron chi connectivity index (χ2n) is 6.59. The maximum absolute atomic E-state index is 12.9. The highest BCUT2D eigenvalue weighted by Gasteiger charge is 2.24. The predicted octanol–water partition coefficient (Wildman–Crippen LogP) is 4.29. The number of nitrogens with zero attached hydrogens (tertiary/aromatic N) is 2. The predicted molar refractivity (Wildman–Crippen MR) is 90.7 cm³/mol. The van der Waals surface area contributed by atoms with Crippen LogP contribution in [0, 0.1) is 15.5 Å². The van der Waals surface area contributed by atoms with Crippen LogP contribution in [0.15, 0.2) is 54.6 Å². The molecule has 120 valence electrons. The zero-order chi connectivity index (χ0) is 17.0. The first-order chi connectivity index (χ1) is 10.8. The zero-order valence-corrected chi connectivity index (χ0v) is 13.5. The van der Waals surface area contributed by atoms with Crippen molar-refractivity contribution < 1.29 is 9.72 Å². The maximum Gasteiger partial charge on any atom is 0.269 e. The van der Waals surface area contributed by atoms with Gasteiger partial charge in [-0.25, -0.2) is 0 Å². The van der Waals surface area contributed by atoms with E-state index in [1.807, 2.05) is 30.3 Å². The van der Waals surface area contributed by atoms with E-state index in [0.29, 0.717) is 12.1 Å². The molecule has 0 saturated carbocycles. The average Bonchev–Trinajstić information content (AvgIpc) is 2.52. The van der Waals surface area contributed by atoms with Crippen LogP contribution in [0.25, 0.3) is 0 Å². The standard InChI is InChI=1S/C18H20N2O3/c1-18(2,3)13-19(15-7-5-4-6-8-15)17(21)14-9-11-16(12-10-14)20(22)23/h4-12H,13H2,1-3H3. The van der Waals surface area contributed by atoms with Crippen molar-refractivity contribution in [3.05, 3.63) is 70.3 Å². The van der Waals surface area contributed by atoms with E-state index in [-0.39, 0.29) is 17.0 Å². The summed E-state index contributed by atoms with van der Waals surface area (Å²) in [5, 5.41) is 10.7. The number of anilines is 1. The molecule has 0 aliphatic heterocycles. The van der Waals surface area contributed by atoms with Crippen molar-refractivity contribution in [1.29, 1.82) is 0 Å². The number of benzene rings is 2. The number of hydrogen-bond acceptors (Lipinski definition) is 3. The Morgan fingerprint density at radius 2 is 1.61 bits per heavy atom. The first kappa shape index (κ1) is 16.7. The molecule has 0 aliphatic carbocycles. The molecule has 0 saturated heterocycles. The van der Waals surface area contributed by atoms with Gasteiger partial charge < -0.3 is 4.90 Å². The molecule has 0 aliphatic rings. The van der Waals surface area contributed by atoms with Gasteiger partial charge in [-0.05, 0) is 29.7 Å². The van der Waals surface area contributed by atoms with Crippen molar-refractivity contribution in [2.24, 2.45) is 5.41 Å². The second-order valence-corrected chi connectivity index (χ2v) is 6.59.